The van der Waals surface area contributed by atoms with Crippen LogP contribution in [0.4, 0.5) is 0 Å². The highest BCUT2D eigenvalue weighted by Crippen LogP contribution is 2.58. The molecule has 0 aromatic rings. The van der Waals surface area contributed by atoms with E-state index in [9.17, 15) is 4.79 Å². The Morgan fingerprint density at radius 3 is 2.38 bits per heavy atom. The molecule has 3 rings (SSSR count). The number of hydrogen-bond donors (Lipinski definition) is 2. The molecule has 0 aromatic carbocycles. The first-order valence-corrected chi connectivity index (χ1v) is 8.49. The van der Waals surface area contributed by atoms with Crippen LogP contribution in [-0.4, -0.2) is 25.5 Å². The lowest BCUT2D eigenvalue weighted by atomic mass is 9.73. The van der Waals surface area contributed by atoms with Crippen LogP contribution in [0.25, 0.3) is 0 Å². The van der Waals surface area contributed by atoms with Crippen molar-refractivity contribution in [1.29, 1.82) is 0 Å². The lowest BCUT2D eigenvalue weighted by Crippen LogP contribution is -2.36. The number of halogens is 1. The zero-order chi connectivity index (χ0) is 14.2. The zero-order valence-corrected chi connectivity index (χ0v) is 14.4. The minimum atomic E-state index is 0. The molecule has 0 bridgehead atoms. The Morgan fingerprint density at radius 2 is 1.76 bits per heavy atom. The van der Waals surface area contributed by atoms with Crippen molar-refractivity contribution in [2.24, 2.45) is 22.7 Å². The molecule has 0 aromatic heterocycles. The maximum absolute atomic E-state index is 12.3. The molecule has 3 aliphatic rings. The third kappa shape index (κ3) is 3.92. The lowest BCUT2D eigenvalue weighted by Gasteiger charge is -2.34. The van der Waals surface area contributed by atoms with Crippen LogP contribution in [0.15, 0.2) is 0 Å². The van der Waals surface area contributed by atoms with E-state index in [2.05, 4.69) is 24.5 Å². The smallest absolute Gasteiger partial charge is 0.223 e. The van der Waals surface area contributed by atoms with Gasteiger partial charge in [0.1, 0.15) is 0 Å². The van der Waals surface area contributed by atoms with E-state index >= 15 is 0 Å². The molecule has 1 saturated heterocycles. The van der Waals surface area contributed by atoms with Crippen LogP contribution < -0.4 is 10.6 Å². The molecule has 2 saturated carbocycles. The van der Waals surface area contributed by atoms with Gasteiger partial charge in [0, 0.05) is 12.5 Å². The van der Waals surface area contributed by atoms with Crippen molar-refractivity contribution in [3.63, 3.8) is 0 Å². The molecule has 3 fully saturated rings. The van der Waals surface area contributed by atoms with E-state index in [-0.39, 0.29) is 12.4 Å². The quantitative estimate of drug-likeness (QED) is 0.840. The molecule has 1 aliphatic heterocycles. The first-order chi connectivity index (χ1) is 9.51. The summed E-state index contributed by atoms with van der Waals surface area (Å²) in [5, 5.41) is 6.65. The van der Waals surface area contributed by atoms with Crippen LogP contribution in [0, 0.1) is 22.7 Å². The number of rotatable bonds is 3. The largest absolute Gasteiger partial charge is 0.356 e. The second-order valence-electron chi connectivity index (χ2n) is 8.22. The first kappa shape index (κ1) is 17.1. The summed E-state index contributed by atoms with van der Waals surface area (Å²) in [5.41, 5.74) is 0.903. The molecule has 2 aliphatic carbocycles. The molecular formula is C17H31ClN2O. The van der Waals surface area contributed by atoms with Crippen molar-refractivity contribution in [2.45, 2.75) is 58.8 Å². The Bertz CT molecular complexity index is 367. The fourth-order valence-electron chi connectivity index (χ4n) is 4.23. The van der Waals surface area contributed by atoms with Gasteiger partial charge in [-0.05, 0) is 74.8 Å². The van der Waals surface area contributed by atoms with Crippen LogP contribution in [0.5, 0.6) is 0 Å². The third-order valence-electron chi connectivity index (χ3n) is 6.13. The highest BCUT2D eigenvalue weighted by atomic mass is 35.5. The van der Waals surface area contributed by atoms with E-state index < -0.39 is 0 Å². The predicted molar refractivity (Wildman–Crippen MR) is 88.6 cm³/mol. The van der Waals surface area contributed by atoms with Crippen LogP contribution in [0.2, 0.25) is 0 Å². The third-order valence-corrected chi connectivity index (χ3v) is 6.13. The molecule has 1 amide bonds. The fraction of sp³-hybridized carbons (Fsp3) is 0.941. The fourth-order valence-corrected chi connectivity index (χ4v) is 4.23. The first-order valence-electron chi connectivity index (χ1n) is 8.49. The molecule has 1 atom stereocenters. The van der Waals surface area contributed by atoms with Crippen molar-refractivity contribution < 1.29 is 4.79 Å². The van der Waals surface area contributed by atoms with Crippen molar-refractivity contribution in [1.82, 2.24) is 10.6 Å². The Morgan fingerprint density at radius 1 is 1.14 bits per heavy atom. The molecule has 3 nitrogen and oxygen atoms in total. The normalized spacial score (nSPS) is 30.5. The molecule has 4 heteroatoms. The molecular weight excluding hydrogens is 284 g/mol. The molecule has 0 radical (unpaired) electrons. The average Bonchev–Trinajstić information content (AvgIpc) is 3.11. The number of piperidine rings is 1. The van der Waals surface area contributed by atoms with Crippen molar-refractivity contribution >= 4 is 18.3 Å². The molecule has 1 unspecified atom stereocenters. The van der Waals surface area contributed by atoms with Crippen molar-refractivity contribution in [3.8, 4) is 0 Å². The topological polar surface area (TPSA) is 41.1 Å². The summed E-state index contributed by atoms with van der Waals surface area (Å²) in [6.45, 7) is 7.85. The van der Waals surface area contributed by atoms with E-state index in [0.29, 0.717) is 22.7 Å². The van der Waals surface area contributed by atoms with E-state index in [1.165, 1.54) is 38.5 Å². The van der Waals surface area contributed by atoms with Gasteiger partial charge >= 0.3 is 0 Å². The van der Waals surface area contributed by atoms with Crippen molar-refractivity contribution in [3.05, 3.63) is 0 Å². The molecule has 21 heavy (non-hydrogen) atoms. The highest BCUT2D eigenvalue weighted by molar-refractivity contribution is 5.85. The minimum Gasteiger partial charge on any atom is -0.356 e. The SMILES string of the molecule is CC1(C)CCC(CNC(=O)C2CC23CCNCC3)CC1.Cl. The van der Waals surface area contributed by atoms with Crippen LogP contribution >= 0.6 is 12.4 Å². The van der Waals surface area contributed by atoms with Gasteiger partial charge in [-0.2, -0.15) is 0 Å². The maximum Gasteiger partial charge on any atom is 0.223 e. The van der Waals surface area contributed by atoms with Crippen LogP contribution in [-0.2, 0) is 4.79 Å². The van der Waals surface area contributed by atoms with Gasteiger partial charge in [-0.1, -0.05) is 13.8 Å². The van der Waals surface area contributed by atoms with Gasteiger partial charge < -0.3 is 10.6 Å². The Hall–Kier alpha value is -0.280. The average molecular weight is 315 g/mol. The van der Waals surface area contributed by atoms with Gasteiger partial charge in [0.2, 0.25) is 5.91 Å². The van der Waals surface area contributed by atoms with E-state index in [0.717, 1.165) is 32.0 Å². The molecule has 1 spiro atoms. The number of nitrogens with one attached hydrogen (secondary N) is 2. The standard InChI is InChI=1S/C17H30N2O.ClH/c1-16(2)5-3-13(4-6-16)12-19-15(20)14-11-17(14)7-9-18-10-8-17;/h13-14,18H,3-12H2,1-2H3,(H,19,20);1H. The summed E-state index contributed by atoms with van der Waals surface area (Å²) >= 11 is 0. The van der Waals surface area contributed by atoms with E-state index in [4.69, 9.17) is 0 Å². The Balaban J connectivity index is 0.00000161. The number of carbonyl (C=O) groups is 1. The van der Waals surface area contributed by atoms with Gasteiger partial charge in [-0.15, -0.1) is 12.4 Å². The Labute approximate surface area is 135 Å². The van der Waals surface area contributed by atoms with Crippen LogP contribution in [0.3, 0.4) is 0 Å². The molecule has 122 valence electrons. The lowest BCUT2D eigenvalue weighted by molar-refractivity contribution is -0.123. The summed E-state index contributed by atoms with van der Waals surface area (Å²) < 4.78 is 0. The number of hydrogen-bond acceptors (Lipinski definition) is 2. The van der Waals surface area contributed by atoms with Gasteiger partial charge in [0.15, 0.2) is 0 Å². The van der Waals surface area contributed by atoms with Gasteiger partial charge in [0.05, 0.1) is 0 Å². The summed E-state index contributed by atoms with van der Waals surface area (Å²) in [5.74, 6) is 1.39. The maximum atomic E-state index is 12.3. The van der Waals surface area contributed by atoms with Gasteiger partial charge in [-0.25, -0.2) is 0 Å². The summed E-state index contributed by atoms with van der Waals surface area (Å²) in [7, 11) is 0. The second-order valence-corrected chi connectivity index (χ2v) is 8.22. The van der Waals surface area contributed by atoms with E-state index in [1.54, 1.807) is 0 Å². The Kier molecular flexibility index (Phi) is 5.25. The summed E-state index contributed by atoms with van der Waals surface area (Å²) in [4.78, 5) is 12.3. The number of amides is 1. The second kappa shape index (κ2) is 6.45. The summed E-state index contributed by atoms with van der Waals surface area (Å²) in [6, 6.07) is 0. The predicted octanol–water partition coefficient (Wildman–Crippen LogP) is 3.13. The van der Waals surface area contributed by atoms with Crippen molar-refractivity contribution in [2.75, 3.05) is 19.6 Å². The zero-order valence-electron chi connectivity index (χ0n) is 13.5. The molecule has 2 N–H and O–H groups in total. The minimum absolute atomic E-state index is 0. The highest BCUT2D eigenvalue weighted by Gasteiger charge is 2.57. The monoisotopic (exact) mass is 314 g/mol. The van der Waals surface area contributed by atoms with Crippen LogP contribution in [0.1, 0.15) is 58.8 Å². The van der Waals surface area contributed by atoms with Gasteiger partial charge in [-0.3, -0.25) is 4.79 Å². The molecule has 1 heterocycles. The summed E-state index contributed by atoms with van der Waals surface area (Å²) in [6.07, 6.45) is 8.72. The number of carbonyl (C=O) groups excluding carboxylic acids is 1. The van der Waals surface area contributed by atoms with E-state index in [1.807, 2.05) is 0 Å². The van der Waals surface area contributed by atoms with Gasteiger partial charge in [0.25, 0.3) is 0 Å².